The van der Waals surface area contributed by atoms with Gasteiger partial charge in [0.25, 0.3) is 0 Å². The largest absolute Gasteiger partial charge is 0.381 e. The lowest BCUT2D eigenvalue weighted by atomic mass is 10.2. The van der Waals surface area contributed by atoms with E-state index in [2.05, 4.69) is 11.9 Å². The third-order valence-corrected chi connectivity index (χ3v) is 4.44. The molecule has 1 aromatic rings. The summed E-state index contributed by atoms with van der Waals surface area (Å²) in [5, 5.41) is 3.20. The normalized spacial score (nSPS) is 13.3. The minimum absolute atomic E-state index is 0.140. The quantitative estimate of drug-likeness (QED) is 0.805. The second kappa shape index (κ2) is 6.02. The average molecular weight is 268 g/mol. The van der Waals surface area contributed by atoms with Gasteiger partial charge in [-0.05, 0) is 25.5 Å². The van der Waals surface area contributed by atoms with E-state index >= 15 is 0 Å². The summed E-state index contributed by atoms with van der Waals surface area (Å²) in [5.41, 5.74) is 0.626. The number of benzene rings is 1. The lowest BCUT2D eigenvalue weighted by molar-refractivity contribution is 0.521. The molecule has 0 saturated carbocycles. The number of sulfonamides is 1. The Bertz CT molecular complexity index is 509. The van der Waals surface area contributed by atoms with Gasteiger partial charge in [-0.1, -0.05) is 18.2 Å². The highest BCUT2D eigenvalue weighted by Gasteiger charge is 2.21. The molecule has 0 aliphatic carbocycles. The van der Waals surface area contributed by atoms with Gasteiger partial charge in [0.15, 0.2) is 0 Å². The molecule has 0 heterocycles. The van der Waals surface area contributed by atoms with E-state index in [-0.39, 0.29) is 6.04 Å². The molecule has 1 N–H and O–H groups in total. The van der Waals surface area contributed by atoms with Gasteiger partial charge in [0.2, 0.25) is 10.0 Å². The summed E-state index contributed by atoms with van der Waals surface area (Å²) >= 11 is 0. The lowest BCUT2D eigenvalue weighted by Crippen LogP contribution is -2.24. The van der Waals surface area contributed by atoms with Gasteiger partial charge < -0.3 is 5.32 Å². The van der Waals surface area contributed by atoms with Crippen LogP contribution in [0.3, 0.4) is 0 Å². The van der Waals surface area contributed by atoms with Crippen LogP contribution in [0.25, 0.3) is 0 Å². The van der Waals surface area contributed by atoms with E-state index < -0.39 is 10.0 Å². The number of nitrogens with one attached hydrogen (secondary N) is 1. The van der Waals surface area contributed by atoms with Crippen molar-refractivity contribution in [1.82, 2.24) is 4.31 Å². The molecule has 5 heteroatoms. The molecule has 0 amide bonds. The number of rotatable bonds is 6. The van der Waals surface area contributed by atoms with Crippen molar-refractivity contribution < 1.29 is 8.42 Å². The first kappa shape index (κ1) is 14.7. The first-order chi connectivity index (χ1) is 8.39. The standard InChI is InChI=1S/C13H20N2O2S/c1-5-8-11(2)14-12-9-6-7-10-13(12)18(16,17)15(3)4/h5-7,9-11,14H,1,8H2,2-4H3. The molecule has 1 atom stereocenters. The highest BCUT2D eigenvalue weighted by atomic mass is 32.2. The fourth-order valence-electron chi connectivity index (χ4n) is 1.58. The summed E-state index contributed by atoms with van der Waals surface area (Å²) in [4.78, 5) is 0.297. The third kappa shape index (κ3) is 3.34. The molecule has 0 aromatic heterocycles. The van der Waals surface area contributed by atoms with Crippen molar-refractivity contribution in [3.8, 4) is 0 Å². The number of hydrogen-bond donors (Lipinski definition) is 1. The van der Waals surface area contributed by atoms with E-state index in [1.54, 1.807) is 24.3 Å². The molecular formula is C13H20N2O2S. The zero-order valence-corrected chi connectivity index (χ0v) is 11.9. The van der Waals surface area contributed by atoms with Gasteiger partial charge in [0.1, 0.15) is 4.90 Å². The molecular weight excluding hydrogens is 248 g/mol. The summed E-state index contributed by atoms with van der Waals surface area (Å²) in [6.07, 6.45) is 2.58. The summed E-state index contributed by atoms with van der Waals surface area (Å²) < 4.78 is 25.5. The van der Waals surface area contributed by atoms with E-state index in [1.807, 2.05) is 13.0 Å². The highest BCUT2D eigenvalue weighted by Crippen LogP contribution is 2.24. The number of anilines is 1. The molecule has 1 aromatic carbocycles. The van der Waals surface area contributed by atoms with Crippen LogP contribution >= 0.6 is 0 Å². The Balaban J connectivity index is 3.11. The van der Waals surface area contributed by atoms with Crippen molar-refractivity contribution in [2.24, 2.45) is 0 Å². The van der Waals surface area contributed by atoms with E-state index in [0.717, 1.165) is 6.42 Å². The van der Waals surface area contributed by atoms with Crippen LogP contribution in [0.2, 0.25) is 0 Å². The Morgan fingerprint density at radius 3 is 2.56 bits per heavy atom. The van der Waals surface area contributed by atoms with Crippen molar-refractivity contribution in [2.75, 3.05) is 19.4 Å². The topological polar surface area (TPSA) is 49.4 Å². The van der Waals surface area contributed by atoms with Crippen LogP contribution in [0.1, 0.15) is 13.3 Å². The van der Waals surface area contributed by atoms with Crippen molar-refractivity contribution >= 4 is 15.7 Å². The molecule has 1 unspecified atom stereocenters. The second-order valence-corrected chi connectivity index (χ2v) is 6.47. The van der Waals surface area contributed by atoms with E-state index in [1.165, 1.54) is 18.4 Å². The monoisotopic (exact) mass is 268 g/mol. The molecule has 0 spiro atoms. The molecule has 0 saturated heterocycles. The Kier molecular flexibility index (Phi) is 4.93. The second-order valence-electron chi connectivity index (χ2n) is 4.35. The van der Waals surface area contributed by atoms with Gasteiger partial charge in [-0.3, -0.25) is 0 Å². The van der Waals surface area contributed by atoms with Crippen molar-refractivity contribution in [3.05, 3.63) is 36.9 Å². The minimum Gasteiger partial charge on any atom is -0.381 e. The van der Waals surface area contributed by atoms with Gasteiger partial charge in [-0.2, -0.15) is 0 Å². The zero-order chi connectivity index (χ0) is 13.8. The van der Waals surface area contributed by atoms with Crippen molar-refractivity contribution in [1.29, 1.82) is 0 Å². The maximum atomic E-state index is 12.2. The smallest absolute Gasteiger partial charge is 0.244 e. The molecule has 100 valence electrons. The molecule has 0 radical (unpaired) electrons. The SMILES string of the molecule is C=CCC(C)Nc1ccccc1S(=O)(=O)N(C)C. The summed E-state index contributed by atoms with van der Waals surface area (Å²) in [7, 11) is -0.369. The average Bonchev–Trinajstić information content (AvgIpc) is 2.29. The molecule has 0 aliphatic heterocycles. The van der Waals surface area contributed by atoms with E-state index in [4.69, 9.17) is 0 Å². The highest BCUT2D eigenvalue weighted by molar-refractivity contribution is 7.89. The van der Waals surface area contributed by atoms with Crippen LogP contribution in [0, 0.1) is 0 Å². The minimum atomic E-state index is -3.42. The summed E-state index contributed by atoms with van der Waals surface area (Å²) in [6, 6.07) is 7.06. The molecule has 1 rings (SSSR count). The maximum absolute atomic E-state index is 12.2. The first-order valence-electron chi connectivity index (χ1n) is 5.78. The van der Waals surface area contributed by atoms with Crippen LogP contribution in [0.15, 0.2) is 41.8 Å². The lowest BCUT2D eigenvalue weighted by Gasteiger charge is -2.19. The molecule has 18 heavy (non-hydrogen) atoms. The molecule has 0 aliphatic rings. The fourth-order valence-corrected chi connectivity index (χ4v) is 2.63. The first-order valence-corrected chi connectivity index (χ1v) is 7.22. The third-order valence-electron chi connectivity index (χ3n) is 2.57. The van der Waals surface area contributed by atoms with Crippen LogP contribution in [-0.4, -0.2) is 32.9 Å². The van der Waals surface area contributed by atoms with Crippen LogP contribution in [-0.2, 0) is 10.0 Å². The predicted molar refractivity (Wildman–Crippen MR) is 75.2 cm³/mol. The number of para-hydroxylation sites is 1. The Morgan fingerprint density at radius 1 is 1.39 bits per heavy atom. The van der Waals surface area contributed by atoms with Crippen LogP contribution < -0.4 is 5.32 Å². The van der Waals surface area contributed by atoms with Crippen molar-refractivity contribution in [3.63, 3.8) is 0 Å². The van der Waals surface area contributed by atoms with Gasteiger partial charge in [0, 0.05) is 20.1 Å². The van der Waals surface area contributed by atoms with Gasteiger partial charge in [-0.15, -0.1) is 6.58 Å². The summed E-state index contributed by atoms with van der Waals surface area (Å²) in [5.74, 6) is 0. The summed E-state index contributed by atoms with van der Waals surface area (Å²) in [6.45, 7) is 5.66. The Hall–Kier alpha value is -1.33. The van der Waals surface area contributed by atoms with Crippen molar-refractivity contribution in [2.45, 2.75) is 24.3 Å². The Labute approximate surface area is 109 Å². The van der Waals surface area contributed by atoms with Gasteiger partial charge in [0.05, 0.1) is 5.69 Å². The van der Waals surface area contributed by atoms with Gasteiger partial charge in [-0.25, -0.2) is 12.7 Å². The van der Waals surface area contributed by atoms with E-state index in [9.17, 15) is 8.42 Å². The number of nitrogens with zero attached hydrogens (tertiary/aromatic N) is 1. The maximum Gasteiger partial charge on any atom is 0.244 e. The van der Waals surface area contributed by atoms with Crippen LogP contribution in [0.5, 0.6) is 0 Å². The molecule has 4 nitrogen and oxygen atoms in total. The van der Waals surface area contributed by atoms with E-state index in [0.29, 0.717) is 10.6 Å². The zero-order valence-electron chi connectivity index (χ0n) is 11.1. The number of hydrogen-bond acceptors (Lipinski definition) is 3. The predicted octanol–water partition coefficient (Wildman–Crippen LogP) is 2.31. The fraction of sp³-hybridized carbons (Fsp3) is 0.385. The molecule has 0 fully saturated rings. The van der Waals surface area contributed by atoms with Gasteiger partial charge >= 0.3 is 0 Å². The van der Waals surface area contributed by atoms with Crippen LogP contribution in [0.4, 0.5) is 5.69 Å². The Morgan fingerprint density at radius 2 is 2.00 bits per heavy atom. The molecule has 0 bridgehead atoms.